The van der Waals surface area contributed by atoms with Crippen molar-refractivity contribution in [3.8, 4) is 5.75 Å². The van der Waals surface area contributed by atoms with E-state index in [9.17, 15) is 0 Å². The van der Waals surface area contributed by atoms with E-state index >= 15 is 0 Å². The minimum atomic E-state index is -0.173. The minimum absolute atomic E-state index is 0.173. The molecule has 3 rings (SSSR count). The Morgan fingerprint density at radius 3 is 2.62 bits per heavy atom. The van der Waals surface area contributed by atoms with Crippen molar-refractivity contribution >= 4 is 10.9 Å². The summed E-state index contributed by atoms with van der Waals surface area (Å²) in [5.74, 6) is 0.869. The van der Waals surface area contributed by atoms with Crippen LogP contribution in [0.2, 0.25) is 0 Å². The number of ether oxygens (including phenoxy) is 1. The maximum atomic E-state index is 6.44. The molecule has 0 radical (unpaired) electrons. The van der Waals surface area contributed by atoms with E-state index in [1.165, 1.54) is 0 Å². The zero-order valence-corrected chi connectivity index (χ0v) is 12.0. The average molecular weight is 278 g/mol. The van der Waals surface area contributed by atoms with Gasteiger partial charge in [-0.15, -0.1) is 0 Å². The first-order valence-electron chi connectivity index (χ1n) is 7.11. The second kappa shape index (κ2) is 5.94. The zero-order valence-electron chi connectivity index (χ0n) is 12.0. The molecule has 2 aromatic carbocycles. The smallest absolute Gasteiger partial charge is 0.119 e. The fourth-order valence-electron chi connectivity index (χ4n) is 2.52. The lowest BCUT2D eigenvalue weighted by atomic mass is 9.96. The van der Waals surface area contributed by atoms with Gasteiger partial charge in [0, 0.05) is 11.6 Å². The molecule has 1 aromatic heterocycles. The second-order valence-corrected chi connectivity index (χ2v) is 4.90. The molecule has 0 saturated heterocycles. The van der Waals surface area contributed by atoms with Crippen molar-refractivity contribution in [3.63, 3.8) is 0 Å². The third kappa shape index (κ3) is 2.73. The number of nitrogens with zero attached hydrogens (tertiary/aromatic N) is 1. The van der Waals surface area contributed by atoms with Crippen molar-refractivity contribution in [1.29, 1.82) is 0 Å². The van der Waals surface area contributed by atoms with E-state index in [2.05, 4.69) is 17.1 Å². The van der Waals surface area contributed by atoms with Crippen molar-refractivity contribution in [1.82, 2.24) is 4.98 Å². The SMILES string of the molecule is CCOc1ccc(C(N)c2cccc3ncccc23)cc1. The van der Waals surface area contributed by atoms with E-state index in [0.29, 0.717) is 6.61 Å². The number of aromatic nitrogens is 1. The number of hydrogen-bond acceptors (Lipinski definition) is 3. The normalized spacial score (nSPS) is 12.3. The number of nitrogens with two attached hydrogens (primary N) is 1. The van der Waals surface area contributed by atoms with Gasteiger partial charge in [0.15, 0.2) is 0 Å². The highest BCUT2D eigenvalue weighted by atomic mass is 16.5. The summed E-state index contributed by atoms with van der Waals surface area (Å²) >= 11 is 0. The summed E-state index contributed by atoms with van der Waals surface area (Å²) < 4.78 is 5.47. The standard InChI is InChI=1S/C18H18N2O/c1-2-21-14-10-8-13(9-11-14)18(19)16-5-3-7-17-15(16)6-4-12-20-17/h3-12,18H,2,19H2,1H3. The van der Waals surface area contributed by atoms with Crippen molar-refractivity contribution in [2.45, 2.75) is 13.0 Å². The van der Waals surface area contributed by atoms with Crippen LogP contribution in [0.3, 0.4) is 0 Å². The van der Waals surface area contributed by atoms with Crippen LogP contribution in [0.1, 0.15) is 24.1 Å². The molecule has 0 saturated carbocycles. The number of hydrogen-bond donors (Lipinski definition) is 1. The number of rotatable bonds is 4. The summed E-state index contributed by atoms with van der Waals surface area (Å²) in [6.07, 6.45) is 1.80. The van der Waals surface area contributed by atoms with Gasteiger partial charge >= 0.3 is 0 Å². The molecule has 0 fully saturated rings. The number of fused-ring (bicyclic) bond motifs is 1. The fourth-order valence-corrected chi connectivity index (χ4v) is 2.52. The quantitative estimate of drug-likeness (QED) is 0.792. The fraction of sp³-hybridized carbons (Fsp3) is 0.167. The summed E-state index contributed by atoms with van der Waals surface area (Å²) in [6, 6.07) is 17.9. The second-order valence-electron chi connectivity index (χ2n) is 4.90. The summed E-state index contributed by atoms with van der Waals surface area (Å²) in [6.45, 7) is 2.64. The summed E-state index contributed by atoms with van der Waals surface area (Å²) in [5.41, 5.74) is 9.56. The third-order valence-corrected chi connectivity index (χ3v) is 3.56. The zero-order chi connectivity index (χ0) is 14.7. The van der Waals surface area contributed by atoms with Crippen molar-refractivity contribution in [3.05, 3.63) is 71.9 Å². The molecule has 0 aliphatic heterocycles. The van der Waals surface area contributed by atoms with Gasteiger partial charge in [-0.2, -0.15) is 0 Å². The molecular formula is C18H18N2O. The van der Waals surface area contributed by atoms with E-state index in [-0.39, 0.29) is 6.04 Å². The monoisotopic (exact) mass is 278 g/mol. The predicted octanol–water partition coefficient (Wildman–Crippen LogP) is 3.68. The van der Waals surface area contributed by atoms with Gasteiger partial charge in [-0.05, 0) is 42.3 Å². The topological polar surface area (TPSA) is 48.1 Å². The molecule has 0 aliphatic carbocycles. The molecule has 3 nitrogen and oxygen atoms in total. The Bertz CT molecular complexity index is 732. The lowest BCUT2D eigenvalue weighted by Gasteiger charge is -2.15. The first-order chi connectivity index (χ1) is 10.3. The van der Waals surface area contributed by atoms with Gasteiger partial charge in [-0.3, -0.25) is 4.98 Å². The minimum Gasteiger partial charge on any atom is -0.494 e. The maximum Gasteiger partial charge on any atom is 0.119 e. The van der Waals surface area contributed by atoms with Crippen molar-refractivity contribution < 1.29 is 4.74 Å². The van der Waals surface area contributed by atoms with Crippen LogP contribution in [0, 0.1) is 0 Å². The van der Waals surface area contributed by atoms with Gasteiger partial charge in [-0.25, -0.2) is 0 Å². The summed E-state index contributed by atoms with van der Waals surface area (Å²) in [7, 11) is 0. The van der Waals surface area contributed by atoms with Crippen LogP contribution in [0.5, 0.6) is 5.75 Å². The summed E-state index contributed by atoms with van der Waals surface area (Å²) in [4.78, 5) is 4.38. The predicted molar refractivity (Wildman–Crippen MR) is 85.4 cm³/mol. The Hall–Kier alpha value is -2.39. The van der Waals surface area contributed by atoms with Crippen LogP contribution >= 0.6 is 0 Å². The molecule has 21 heavy (non-hydrogen) atoms. The first-order valence-corrected chi connectivity index (χ1v) is 7.11. The Labute approximate surface area is 124 Å². The Kier molecular flexibility index (Phi) is 3.84. The van der Waals surface area contributed by atoms with E-state index in [1.54, 1.807) is 6.20 Å². The van der Waals surface area contributed by atoms with Crippen LogP contribution in [-0.2, 0) is 0 Å². The Balaban J connectivity index is 1.98. The van der Waals surface area contributed by atoms with E-state index < -0.39 is 0 Å². The lowest BCUT2D eigenvalue weighted by Crippen LogP contribution is -2.12. The molecule has 1 atom stereocenters. The largest absolute Gasteiger partial charge is 0.494 e. The van der Waals surface area contributed by atoms with Crippen LogP contribution in [-0.4, -0.2) is 11.6 Å². The molecule has 3 aromatic rings. The van der Waals surface area contributed by atoms with E-state index in [4.69, 9.17) is 10.5 Å². The lowest BCUT2D eigenvalue weighted by molar-refractivity contribution is 0.340. The van der Waals surface area contributed by atoms with Crippen LogP contribution in [0.25, 0.3) is 10.9 Å². The molecule has 3 heteroatoms. The molecule has 1 heterocycles. The highest BCUT2D eigenvalue weighted by Gasteiger charge is 2.12. The molecule has 0 spiro atoms. The van der Waals surface area contributed by atoms with Crippen LogP contribution in [0.15, 0.2) is 60.8 Å². The van der Waals surface area contributed by atoms with E-state index in [1.807, 2.05) is 49.4 Å². The van der Waals surface area contributed by atoms with Crippen molar-refractivity contribution in [2.75, 3.05) is 6.61 Å². The highest BCUT2D eigenvalue weighted by Crippen LogP contribution is 2.27. The summed E-state index contributed by atoms with van der Waals surface area (Å²) in [5, 5.41) is 1.10. The highest BCUT2D eigenvalue weighted by molar-refractivity contribution is 5.82. The van der Waals surface area contributed by atoms with Gasteiger partial charge in [0.1, 0.15) is 5.75 Å². The molecular weight excluding hydrogens is 260 g/mol. The maximum absolute atomic E-state index is 6.44. The molecule has 0 amide bonds. The van der Waals surface area contributed by atoms with E-state index in [0.717, 1.165) is 27.8 Å². The van der Waals surface area contributed by atoms with Crippen molar-refractivity contribution in [2.24, 2.45) is 5.73 Å². The Morgan fingerprint density at radius 1 is 1.05 bits per heavy atom. The average Bonchev–Trinajstić information content (AvgIpc) is 2.55. The Morgan fingerprint density at radius 2 is 1.86 bits per heavy atom. The third-order valence-electron chi connectivity index (χ3n) is 3.56. The molecule has 1 unspecified atom stereocenters. The van der Waals surface area contributed by atoms with Gasteiger partial charge in [0.05, 0.1) is 18.2 Å². The molecule has 2 N–H and O–H groups in total. The number of benzene rings is 2. The molecule has 0 aliphatic rings. The van der Waals surface area contributed by atoms with Gasteiger partial charge in [0.2, 0.25) is 0 Å². The first kappa shape index (κ1) is 13.6. The van der Waals surface area contributed by atoms with Gasteiger partial charge in [0.25, 0.3) is 0 Å². The van der Waals surface area contributed by atoms with Gasteiger partial charge in [-0.1, -0.05) is 30.3 Å². The van der Waals surface area contributed by atoms with Crippen LogP contribution in [0.4, 0.5) is 0 Å². The molecule has 106 valence electrons. The number of pyridine rings is 1. The molecule has 0 bridgehead atoms. The van der Waals surface area contributed by atoms with Crippen LogP contribution < -0.4 is 10.5 Å². The van der Waals surface area contributed by atoms with Gasteiger partial charge < -0.3 is 10.5 Å².